The predicted octanol–water partition coefficient (Wildman–Crippen LogP) is 6.49. The summed E-state index contributed by atoms with van der Waals surface area (Å²) in [5, 5.41) is 15.8. The summed E-state index contributed by atoms with van der Waals surface area (Å²) in [6.07, 6.45) is 1.33. The van der Waals surface area contributed by atoms with Crippen LogP contribution in [0.1, 0.15) is 57.3 Å². The quantitative estimate of drug-likeness (QED) is 0.0989. The molecule has 62 heavy (non-hydrogen) atoms. The lowest BCUT2D eigenvalue weighted by atomic mass is 9.65. The number of aromatic nitrogens is 1. The van der Waals surface area contributed by atoms with Gasteiger partial charge in [0.25, 0.3) is 0 Å². The maximum Gasteiger partial charge on any atom is 0.324 e. The number of carbonyl (C=O) groups is 3. The molecule has 1 aromatic heterocycles. The molecule has 3 aliphatic rings. The van der Waals surface area contributed by atoms with Crippen molar-refractivity contribution in [3.05, 3.63) is 191 Å². The molecule has 2 saturated heterocycles. The number of aliphatic hydroxyl groups excluding tert-OH is 1. The molecule has 6 aromatic rings. The van der Waals surface area contributed by atoms with E-state index in [0.717, 1.165) is 22.4 Å². The van der Waals surface area contributed by atoms with Crippen molar-refractivity contribution in [2.24, 2.45) is 5.92 Å². The largest absolute Gasteiger partial charge is 0.497 e. The third-order valence-electron chi connectivity index (χ3n) is 12.0. The lowest BCUT2D eigenvalue weighted by molar-refractivity contribution is -0.178. The third-order valence-corrected chi connectivity index (χ3v) is 12.0. The molecular weight excluding hydrogens is 781 g/mol. The van der Waals surface area contributed by atoms with Gasteiger partial charge in [-0.25, -0.2) is 0 Å². The van der Waals surface area contributed by atoms with Crippen LogP contribution in [-0.2, 0) is 31.0 Å². The van der Waals surface area contributed by atoms with Gasteiger partial charge in [0.1, 0.15) is 35.7 Å². The maximum atomic E-state index is 15.5. The molecule has 0 saturated carbocycles. The van der Waals surface area contributed by atoms with Crippen molar-refractivity contribution in [1.82, 2.24) is 15.2 Å². The van der Waals surface area contributed by atoms with Crippen molar-refractivity contribution in [2.45, 2.75) is 36.1 Å². The molecule has 0 radical (unpaired) electrons. The van der Waals surface area contributed by atoms with Crippen LogP contribution >= 0.6 is 0 Å². The summed E-state index contributed by atoms with van der Waals surface area (Å²) in [4.78, 5) is 52.3. The molecule has 0 aliphatic carbocycles. The van der Waals surface area contributed by atoms with Crippen molar-refractivity contribution in [3.63, 3.8) is 0 Å². The van der Waals surface area contributed by atoms with Crippen LogP contribution in [0, 0.1) is 17.8 Å². The standard InChI is InChI=1S/C51H44N4O7/c1-60-39-22-17-33(18-23-39)15-16-34-19-26-42-41(32-34)51(50(59)54-42)43(48(57)53-29-27-38-14-8-9-28-52-38)45-49(58)62-46(36-12-6-3-7-13-36)44(35-10-4-2-5-11-35)55(45)47(51)37-20-24-40(25-21-37)61-31-30-56/h2-14,17-26,28,32,43-47,56H,27,29-31H2,1H3,(H,53,57)(H,54,59). The van der Waals surface area contributed by atoms with Crippen LogP contribution in [0.25, 0.3) is 0 Å². The number of fused-ring (bicyclic) bond motifs is 3. The molecule has 2 amide bonds. The van der Waals surface area contributed by atoms with Gasteiger partial charge < -0.3 is 30.0 Å². The van der Waals surface area contributed by atoms with E-state index >= 15 is 14.4 Å². The van der Waals surface area contributed by atoms with Gasteiger partial charge in [0.15, 0.2) is 0 Å². The number of benzene rings is 5. The van der Waals surface area contributed by atoms with Gasteiger partial charge in [0.05, 0.1) is 31.7 Å². The fourth-order valence-electron chi connectivity index (χ4n) is 9.37. The summed E-state index contributed by atoms with van der Waals surface area (Å²) in [6.45, 7) is 0.142. The van der Waals surface area contributed by atoms with Crippen LogP contribution in [0.2, 0.25) is 0 Å². The molecule has 2 fully saturated rings. The number of esters is 1. The van der Waals surface area contributed by atoms with Crippen molar-refractivity contribution in [1.29, 1.82) is 0 Å². The lowest BCUT2D eigenvalue weighted by Gasteiger charge is -2.46. The topological polar surface area (TPSA) is 139 Å². The molecule has 9 rings (SSSR count). The molecule has 3 aliphatic heterocycles. The van der Waals surface area contributed by atoms with Crippen molar-refractivity contribution in [3.8, 4) is 23.3 Å². The Morgan fingerprint density at radius 2 is 1.48 bits per heavy atom. The van der Waals surface area contributed by atoms with E-state index in [9.17, 15) is 5.11 Å². The molecule has 11 heteroatoms. The zero-order chi connectivity index (χ0) is 42.6. The number of cyclic esters (lactones) is 1. The first-order valence-corrected chi connectivity index (χ1v) is 20.6. The van der Waals surface area contributed by atoms with Gasteiger partial charge in [-0.2, -0.15) is 0 Å². The maximum absolute atomic E-state index is 15.5. The number of nitrogens with zero attached hydrogens (tertiary/aromatic N) is 2. The van der Waals surface area contributed by atoms with Crippen LogP contribution in [0.4, 0.5) is 5.69 Å². The number of nitrogens with one attached hydrogen (secondary N) is 2. The van der Waals surface area contributed by atoms with Crippen LogP contribution in [0.3, 0.4) is 0 Å². The number of hydrogen-bond acceptors (Lipinski definition) is 9. The molecule has 0 bridgehead atoms. The number of pyridine rings is 1. The van der Waals surface area contributed by atoms with Crippen LogP contribution in [0.15, 0.2) is 152 Å². The highest BCUT2D eigenvalue weighted by Crippen LogP contribution is 2.64. The van der Waals surface area contributed by atoms with Crippen molar-refractivity contribution < 1.29 is 33.7 Å². The van der Waals surface area contributed by atoms with E-state index < -0.39 is 53.3 Å². The van der Waals surface area contributed by atoms with E-state index in [1.165, 1.54) is 0 Å². The fourth-order valence-corrected chi connectivity index (χ4v) is 9.37. The van der Waals surface area contributed by atoms with E-state index in [1.807, 2.05) is 133 Å². The Hall–Kier alpha value is -7.26. The molecule has 1 spiro atoms. The van der Waals surface area contributed by atoms with Gasteiger partial charge in [0.2, 0.25) is 11.8 Å². The molecule has 6 atom stereocenters. The summed E-state index contributed by atoms with van der Waals surface area (Å²) in [6, 6.07) is 42.4. The Balaban J connectivity index is 1.26. The average molecular weight is 825 g/mol. The second-order valence-corrected chi connectivity index (χ2v) is 15.5. The number of aliphatic hydroxyl groups is 1. The Bertz CT molecular complexity index is 2630. The Morgan fingerprint density at radius 3 is 2.18 bits per heavy atom. The van der Waals surface area contributed by atoms with E-state index in [-0.39, 0.29) is 19.8 Å². The van der Waals surface area contributed by atoms with E-state index in [4.69, 9.17) is 14.2 Å². The number of ether oxygens (including phenoxy) is 3. The first-order chi connectivity index (χ1) is 30.4. The van der Waals surface area contributed by atoms with Crippen molar-refractivity contribution >= 4 is 23.5 Å². The van der Waals surface area contributed by atoms with Gasteiger partial charge in [-0.15, -0.1) is 0 Å². The average Bonchev–Trinajstić information content (AvgIpc) is 3.80. The summed E-state index contributed by atoms with van der Waals surface area (Å²) in [7, 11) is 1.61. The molecule has 3 N–H and O–H groups in total. The number of amides is 2. The number of morpholine rings is 1. The SMILES string of the molecule is COc1ccc(C#Cc2ccc3c(c2)C2(C(=O)N3)C(C(=O)NCCc3ccccn3)C3C(=O)OC(c4ccccc4)C(c4ccccc4)N3C2c2ccc(OCCO)cc2)cc1. The normalized spacial score (nSPS) is 22.4. The molecule has 5 aromatic carbocycles. The second-order valence-electron chi connectivity index (χ2n) is 15.5. The van der Waals surface area contributed by atoms with Gasteiger partial charge in [0, 0.05) is 41.7 Å². The highest BCUT2D eigenvalue weighted by atomic mass is 16.6. The van der Waals surface area contributed by atoms with Crippen molar-refractivity contribution in [2.75, 3.05) is 32.2 Å². The number of anilines is 1. The second kappa shape index (κ2) is 17.4. The number of hydrogen-bond donors (Lipinski definition) is 3. The molecule has 310 valence electrons. The third kappa shape index (κ3) is 7.33. The highest BCUT2D eigenvalue weighted by molar-refractivity contribution is 6.12. The molecular formula is C51H44N4O7. The minimum absolute atomic E-state index is 0.0957. The summed E-state index contributed by atoms with van der Waals surface area (Å²) in [5.74, 6) is 4.96. The van der Waals surface area contributed by atoms with E-state index in [2.05, 4.69) is 32.4 Å². The van der Waals surface area contributed by atoms with Gasteiger partial charge in [-0.3, -0.25) is 24.3 Å². The minimum atomic E-state index is -1.68. The smallest absolute Gasteiger partial charge is 0.324 e. The Kier molecular flexibility index (Phi) is 11.3. The lowest BCUT2D eigenvalue weighted by Crippen LogP contribution is -2.55. The zero-order valence-corrected chi connectivity index (χ0v) is 33.9. The minimum Gasteiger partial charge on any atom is -0.497 e. The van der Waals surface area contributed by atoms with Crippen LogP contribution < -0.4 is 20.1 Å². The monoisotopic (exact) mass is 824 g/mol. The van der Waals surface area contributed by atoms with Gasteiger partial charge in [-0.05, 0) is 89.0 Å². The number of carbonyl (C=O) groups excluding carboxylic acids is 3. The molecule has 6 unspecified atom stereocenters. The van der Waals surface area contributed by atoms with Crippen LogP contribution in [0.5, 0.6) is 11.5 Å². The number of methoxy groups -OCH3 is 1. The molecule has 4 heterocycles. The molecule has 11 nitrogen and oxygen atoms in total. The van der Waals surface area contributed by atoms with E-state index in [1.54, 1.807) is 25.4 Å². The first-order valence-electron chi connectivity index (χ1n) is 20.6. The zero-order valence-electron chi connectivity index (χ0n) is 33.9. The Morgan fingerprint density at radius 1 is 0.806 bits per heavy atom. The van der Waals surface area contributed by atoms with E-state index in [0.29, 0.717) is 40.3 Å². The number of rotatable bonds is 11. The first kappa shape index (κ1) is 40.2. The van der Waals surface area contributed by atoms with Gasteiger partial charge in [-0.1, -0.05) is 90.7 Å². The fraction of sp³-hybridized carbons (Fsp3) is 0.216. The predicted molar refractivity (Wildman–Crippen MR) is 232 cm³/mol. The Labute approximate surface area is 359 Å². The van der Waals surface area contributed by atoms with Gasteiger partial charge >= 0.3 is 5.97 Å². The summed E-state index contributed by atoms with van der Waals surface area (Å²) in [5.41, 5.74) is 3.84. The summed E-state index contributed by atoms with van der Waals surface area (Å²) >= 11 is 0. The van der Waals surface area contributed by atoms with Crippen LogP contribution in [-0.4, -0.2) is 65.7 Å². The highest BCUT2D eigenvalue weighted by Gasteiger charge is 2.74. The summed E-state index contributed by atoms with van der Waals surface area (Å²) < 4.78 is 17.6.